The first-order chi connectivity index (χ1) is 11.8. The van der Waals surface area contributed by atoms with Gasteiger partial charge in [0.25, 0.3) is 5.91 Å². The zero-order chi connectivity index (χ0) is 16.4. The minimum atomic E-state index is -0.297. The van der Waals surface area contributed by atoms with Crippen molar-refractivity contribution in [3.63, 3.8) is 0 Å². The number of nitrogens with zero attached hydrogens (tertiary/aromatic N) is 4. The lowest BCUT2D eigenvalue weighted by Crippen LogP contribution is -2.23. The van der Waals surface area contributed by atoms with Crippen molar-refractivity contribution in [3.05, 3.63) is 59.6 Å². The van der Waals surface area contributed by atoms with Crippen LogP contribution in [0.15, 0.2) is 52.6 Å². The normalized spacial score (nSPS) is 10.8. The van der Waals surface area contributed by atoms with Crippen molar-refractivity contribution in [1.29, 1.82) is 0 Å². The van der Waals surface area contributed by atoms with Crippen LogP contribution < -0.4 is 5.32 Å². The third-order valence-electron chi connectivity index (χ3n) is 3.30. The smallest absolute Gasteiger partial charge is 0.272 e. The Kier molecular flexibility index (Phi) is 3.67. The number of hydrogen-bond acceptors (Lipinski definition) is 6. The Hall–Kier alpha value is -3.20. The van der Waals surface area contributed by atoms with E-state index in [9.17, 15) is 4.79 Å². The third kappa shape index (κ3) is 2.84. The summed E-state index contributed by atoms with van der Waals surface area (Å²) in [4.78, 5) is 12.2. The van der Waals surface area contributed by atoms with Crippen LogP contribution in [0.5, 0.6) is 0 Å². The average Bonchev–Trinajstić information content (AvgIpc) is 3.40. The van der Waals surface area contributed by atoms with Gasteiger partial charge in [0.15, 0.2) is 11.5 Å². The molecule has 0 aliphatic heterocycles. The first kappa shape index (κ1) is 14.4. The number of H-pyrrole nitrogens is 1. The van der Waals surface area contributed by atoms with E-state index in [1.54, 1.807) is 46.7 Å². The highest BCUT2D eigenvalue weighted by atomic mass is 32.1. The molecule has 0 aliphatic rings. The van der Waals surface area contributed by atoms with Crippen LogP contribution in [0.4, 0.5) is 0 Å². The number of carbonyl (C=O) groups is 1. The number of rotatable bonds is 5. The van der Waals surface area contributed by atoms with Crippen LogP contribution in [0, 0.1) is 0 Å². The summed E-state index contributed by atoms with van der Waals surface area (Å²) in [5, 5.41) is 20.6. The maximum Gasteiger partial charge on any atom is 0.272 e. The Morgan fingerprint density at radius 1 is 1.38 bits per heavy atom. The molecule has 2 N–H and O–H groups in total. The first-order valence-corrected chi connectivity index (χ1v) is 8.00. The van der Waals surface area contributed by atoms with Gasteiger partial charge in [0.2, 0.25) is 0 Å². The molecule has 0 fully saturated rings. The molecular formula is C15H12N6O2S. The van der Waals surface area contributed by atoms with Gasteiger partial charge in [0.05, 0.1) is 19.0 Å². The highest BCUT2D eigenvalue weighted by molar-refractivity contribution is 7.12. The topological polar surface area (TPSA) is 102 Å². The summed E-state index contributed by atoms with van der Waals surface area (Å²) < 4.78 is 6.93. The molecule has 24 heavy (non-hydrogen) atoms. The second kappa shape index (κ2) is 6.13. The molecule has 0 saturated carbocycles. The molecule has 0 unspecified atom stereocenters. The summed E-state index contributed by atoms with van der Waals surface area (Å²) in [7, 11) is 0. The molecule has 8 nitrogen and oxygen atoms in total. The van der Waals surface area contributed by atoms with Crippen molar-refractivity contribution < 1.29 is 9.21 Å². The molecule has 0 saturated heterocycles. The molecule has 0 spiro atoms. The van der Waals surface area contributed by atoms with Gasteiger partial charge in [-0.15, -0.1) is 16.4 Å². The fourth-order valence-electron chi connectivity index (χ4n) is 2.14. The summed E-state index contributed by atoms with van der Waals surface area (Å²) in [5.74, 6) is 0.329. The summed E-state index contributed by atoms with van der Waals surface area (Å²) in [6.07, 6.45) is 3.35. The van der Waals surface area contributed by atoms with E-state index in [1.165, 1.54) is 0 Å². The quantitative estimate of drug-likeness (QED) is 0.580. The van der Waals surface area contributed by atoms with Crippen molar-refractivity contribution in [2.75, 3.05) is 0 Å². The second-order valence-corrected chi connectivity index (χ2v) is 5.86. The summed E-state index contributed by atoms with van der Waals surface area (Å²) in [5.41, 5.74) is 1.60. The van der Waals surface area contributed by atoms with Gasteiger partial charge in [0, 0.05) is 6.07 Å². The van der Waals surface area contributed by atoms with Crippen molar-refractivity contribution >= 4 is 17.2 Å². The summed E-state index contributed by atoms with van der Waals surface area (Å²) in [6.45, 7) is 0.271. The van der Waals surface area contributed by atoms with Crippen LogP contribution in [0.3, 0.4) is 0 Å². The Balaban J connectivity index is 1.40. The molecule has 0 atom stereocenters. The van der Waals surface area contributed by atoms with Gasteiger partial charge in [0.1, 0.15) is 16.4 Å². The minimum absolute atomic E-state index is 0.271. The SMILES string of the molecule is O=C(NCc1cn(-c2cccs2)nn1)c1cc(-c2ccco2)[nH]n1. The predicted octanol–water partition coefficient (Wildman–Crippen LogP) is 2.24. The van der Waals surface area contributed by atoms with Crippen molar-refractivity contribution in [2.45, 2.75) is 6.54 Å². The summed E-state index contributed by atoms with van der Waals surface area (Å²) in [6, 6.07) is 9.08. The molecule has 0 bridgehead atoms. The predicted molar refractivity (Wildman–Crippen MR) is 86.7 cm³/mol. The molecule has 4 aromatic rings. The fourth-order valence-corrected chi connectivity index (χ4v) is 2.80. The molecule has 4 aromatic heterocycles. The highest BCUT2D eigenvalue weighted by Gasteiger charge is 2.13. The number of hydrogen-bond donors (Lipinski definition) is 2. The number of amides is 1. The molecule has 4 rings (SSSR count). The lowest BCUT2D eigenvalue weighted by Gasteiger charge is -1.98. The molecule has 120 valence electrons. The van der Waals surface area contributed by atoms with Gasteiger partial charge in [-0.05, 0) is 29.6 Å². The van der Waals surface area contributed by atoms with Gasteiger partial charge in [-0.25, -0.2) is 4.68 Å². The van der Waals surface area contributed by atoms with Crippen LogP contribution in [0.25, 0.3) is 16.5 Å². The number of carbonyl (C=O) groups excluding carboxylic acids is 1. The minimum Gasteiger partial charge on any atom is -0.463 e. The van der Waals surface area contributed by atoms with Crippen LogP contribution in [-0.4, -0.2) is 31.1 Å². The molecule has 9 heteroatoms. The standard InChI is InChI=1S/C15H12N6O2S/c22-15(12-7-11(18-19-12)13-3-1-5-23-13)16-8-10-9-21(20-17-10)14-4-2-6-24-14/h1-7,9H,8H2,(H,16,22)(H,18,19). The van der Waals surface area contributed by atoms with E-state index in [0.29, 0.717) is 17.1 Å². The Morgan fingerprint density at radius 2 is 2.33 bits per heavy atom. The Morgan fingerprint density at radius 3 is 3.12 bits per heavy atom. The zero-order valence-electron chi connectivity index (χ0n) is 12.3. The molecule has 0 aliphatic carbocycles. The lowest BCUT2D eigenvalue weighted by atomic mass is 10.3. The van der Waals surface area contributed by atoms with E-state index in [2.05, 4.69) is 25.8 Å². The van der Waals surface area contributed by atoms with E-state index < -0.39 is 0 Å². The fraction of sp³-hybridized carbons (Fsp3) is 0.0667. The average molecular weight is 340 g/mol. The van der Waals surface area contributed by atoms with Crippen molar-refractivity contribution in [2.24, 2.45) is 0 Å². The van der Waals surface area contributed by atoms with E-state index in [-0.39, 0.29) is 18.1 Å². The number of aromatic nitrogens is 5. The molecule has 1 amide bonds. The largest absolute Gasteiger partial charge is 0.463 e. The van der Waals surface area contributed by atoms with E-state index in [4.69, 9.17) is 4.42 Å². The maximum atomic E-state index is 12.2. The van der Waals surface area contributed by atoms with Crippen molar-refractivity contribution in [3.8, 4) is 16.5 Å². The van der Waals surface area contributed by atoms with Crippen LogP contribution in [-0.2, 0) is 6.54 Å². The van der Waals surface area contributed by atoms with Crippen LogP contribution >= 0.6 is 11.3 Å². The number of nitrogens with one attached hydrogen (secondary N) is 2. The summed E-state index contributed by atoms with van der Waals surface area (Å²) >= 11 is 1.56. The molecule has 0 aromatic carbocycles. The van der Waals surface area contributed by atoms with Gasteiger partial charge in [-0.1, -0.05) is 5.21 Å². The third-order valence-corrected chi connectivity index (χ3v) is 4.16. The lowest BCUT2D eigenvalue weighted by molar-refractivity contribution is 0.0945. The monoisotopic (exact) mass is 340 g/mol. The number of thiophene rings is 1. The van der Waals surface area contributed by atoms with Gasteiger partial charge in [-0.3, -0.25) is 9.89 Å². The number of aromatic amines is 1. The van der Waals surface area contributed by atoms with E-state index >= 15 is 0 Å². The van der Waals surface area contributed by atoms with E-state index in [0.717, 1.165) is 5.00 Å². The zero-order valence-corrected chi connectivity index (χ0v) is 13.2. The highest BCUT2D eigenvalue weighted by Crippen LogP contribution is 2.17. The second-order valence-electron chi connectivity index (χ2n) is 4.93. The van der Waals surface area contributed by atoms with Gasteiger partial charge < -0.3 is 9.73 Å². The maximum absolute atomic E-state index is 12.2. The van der Waals surface area contributed by atoms with Gasteiger partial charge >= 0.3 is 0 Å². The van der Waals surface area contributed by atoms with Gasteiger partial charge in [-0.2, -0.15) is 5.10 Å². The van der Waals surface area contributed by atoms with Crippen LogP contribution in [0.2, 0.25) is 0 Å². The first-order valence-electron chi connectivity index (χ1n) is 7.12. The van der Waals surface area contributed by atoms with Crippen LogP contribution in [0.1, 0.15) is 16.2 Å². The van der Waals surface area contributed by atoms with Crippen molar-refractivity contribution in [1.82, 2.24) is 30.5 Å². The molecule has 4 heterocycles. The Labute approximate surface area is 140 Å². The molecule has 0 radical (unpaired) electrons. The number of furan rings is 1. The molecular weight excluding hydrogens is 328 g/mol. The van der Waals surface area contributed by atoms with E-state index in [1.807, 2.05) is 17.5 Å². The Bertz CT molecular complexity index is 939.